The van der Waals surface area contributed by atoms with Crippen LogP contribution in [0.4, 0.5) is 0 Å². The minimum Gasteiger partial charge on any atom is -1.00 e. The first-order valence-electron chi connectivity index (χ1n) is 5.66. The molecular weight excluding hydrogens is 347 g/mol. The van der Waals surface area contributed by atoms with E-state index in [1.54, 1.807) is 12.1 Å². The van der Waals surface area contributed by atoms with Crippen LogP contribution in [0, 0.1) is 0 Å². The Hall–Kier alpha value is 0.709. The van der Waals surface area contributed by atoms with Gasteiger partial charge in [0.25, 0.3) is 0 Å². The first-order valence-corrected chi connectivity index (χ1v) is 7.19. The third-order valence-electron chi connectivity index (χ3n) is 2.87. The fourth-order valence-electron chi connectivity index (χ4n) is 2.09. The summed E-state index contributed by atoms with van der Waals surface area (Å²) in [5, 5.41) is 0. The van der Waals surface area contributed by atoms with E-state index in [9.17, 15) is 4.57 Å². The van der Waals surface area contributed by atoms with Gasteiger partial charge in [0.2, 0.25) is 0 Å². The van der Waals surface area contributed by atoms with Crippen LogP contribution in [-0.2, 0) is 11.0 Å². The number of phosphoric acid groups is 1. The van der Waals surface area contributed by atoms with Crippen LogP contribution in [0.3, 0.4) is 0 Å². The summed E-state index contributed by atoms with van der Waals surface area (Å²) in [5.41, 5.74) is 1.60. The maximum atomic E-state index is 11.0. The predicted octanol–water partition coefficient (Wildman–Crippen LogP) is 2.54. The quantitative estimate of drug-likeness (QED) is 0.541. The fraction of sp³-hybridized carbons (Fsp3) is 0.0769. The second-order valence-corrected chi connectivity index (χ2v) is 5.36. The van der Waals surface area contributed by atoms with E-state index < -0.39 is 7.82 Å². The van der Waals surface area contributed by atoms with Gasteiger partial charge < -0.3 is 15.0 Å². The topological polar surface area (TPSA) is 76.0 Å². The van der Waals surface area contributed by atoms with E-state index >= 15 is 0 Å². The number of fused-ring (bicyclic) bond motifs is 2. The van der Waals surface area contributed by atoms with Crippen LogP contribution in [0.15, 0.2) is 42.5 Å². The van der Waals surface area contributed by atoms with Gasteiger partial charge in [0.05, 0.1) is 0 Å². The average Bonchev–Trinajstić information content (AvgIpc) is 2.35. The zero-order valence-electron chi connectivity index (χ0n) is 15.2. The minimum absolute atomic E-state index is 0. The van der Waals surface area contributed by atoms with Gasteiger partial charge >= 0.3 is 83.3 Å². The SMILES string of the molecule is O=P(O)(O)Oc1cccc2c1Cc1ccccc1O2.[Ca+2].[Ca+2].[H-].[H-].[H-].[H-]. The Morgan fingerprint density at radius 1 is 1.05 bits per heavy atom. The van der Waals surface area contributed by atoms with Crippen molar-refractivity contribution in [2.75, 3.05) is 0 Å². The largest absolute Gasteiger partial charge is 2.00 e. The van der Waals surface area contributed by atoms with Crippen LogP contribution in [0.25, 0.3) is 0 Å². The summed E-state index contributed by atoms with van der Waals surface area (Å²) in [6, 6.07) is 12.4. The van der Waals surface area contributed by atoms with Gasteiger partial charge in [-0.05, 0) is 23.8 Å². The molecule has 2 aromatic rings. The molecule has 8 heteroatoms. The van der Waals surface area contributed by atoms with Crippen molar-refractivity contribution in [3.63, 3.8) is 0 Å². The molecule has 21 heavy (non-hydrogen) atoms. The molecule has 1 heterocycles. The standard InChI is InChI=1S/C13H11O5P.2Ca.4H/c14-19(15,16)18-13-7-3-6-12-10(13)8-9-4-1-2-5-11(9)17-12;;;;;;/h1-7H,8H2,(H2,14,15,16);;;;;;/q;2*+2;4*-1. The smallest absolute Gasteiger partial charge is 1.00 e. The number of para-hydroxylation sites is 1. The summed E-state index contributed by atoms with van der Waals surface area (Å²) >= 11 is 0. The molecule has 0 unspecified atom stereocenters. The molecule has 0 radical (unpaired) electrons. The molecule has 0 aromatic heterocycles. The van der Waals surface area contributed by atoms with Gasteiger partial charge in [0, 0.05) is 12.0 Å². The molecule has 2 aromatic carbocycles. The van der Waals surface area contributed by atoms with E-state index in [4.69, 9.17) is 19.0 Å². The molecule has 3 rings (SSSR count). The number of phosphoric ester groups is 1. The first kappa shape index (κ1) is 19.8. The summed E-state index contributed by atoms with van der Waals surface area (Å²) in [4.78, 5) is 17.8. The normalized spacial score (nSPS) is 11.9. The monoisotopic (exact) mass is 362 g/mol. The van der Waals surface area contributed by atoms with Crippen molar-refractivity contribution in [1.29, 1.82) is 0 Å². The molecule has 0 saturated heterocycles. The van der Waals surface area contributed by atoms with E-state index in [1.165, 1.54) is 6.07 Å². The van der Waals surface area contributed by atoms with Crippen LogP contribution in [-0.4, -0.2) is 85.3 Å². The van der Waals surface area contributed by atoms with Crippen molar-refractivity contribution in [1.82, 2.24) is 0 Å². The van der Waals surface area contributed by atoms with Gasteiger partial charge in [-0.25, -0.2) is 4.57 Å². The summed E-state index contributed by atoms with van der Waals surface area (Å²) < 4.78 is 21.4. The molecule has 0 amide bonds. The van der Waals surface area contributed by atoms with E-state index in [0.29, 0.717) is 17.7 Å². The zero-order chi connectivity index (χ0) is 13.5. The Kier molecular flexibility index (Phi) is 7.53. The Morgan fingerprint density at radius 3 is 2.43 bits per heavy atom. The van der Waals surface area contributed by atoms with Gasteiger partial charge in [-0.1, -0.05) is 24.3 Å². The number of hydrogen-bond acceptors (Lipinski definition) is 3. The second-order valence-electron chi connectivity index (χ2n) is 4.20. The molecule has 2 N–H and O–H groups in total. The summed E-state index contributed by atoms with van der Waals surface area (Å²) in [5.74, 6) is 1.47. The van der Waals surface area contributed by atoms with Crippen molar-refractivity contribution in [3.05, 3.63) is 53.6 Å². The molecular formula is C13H15Ca2O5P. The van der Waals surface area contributed by atoms with Crippen molar-refractivity contribution >= 4 is 83.3 Å². The summed E-state index contributed by atoms with van der Waals surface area (Å²) in [7, 11) is -4.57. The molecule has 0 fully saturated rings. The Balaban J connectivity index is -0.000000367. The maximum absolute atomic E-state index is 11.0. The zero-order valence-corrected chi connectivity index (χ0v) is 16.5. The number of rotatable bonds is 2. The van der Waals surface area contributed by atoms with Gasteiger partial charge in [-0.15, -0.1) is 0 Å². The van der Waals surface area contributed by atoms with Crippen LogP contribution < -0.4 is 9.26 Å². The predicted molar refractivity (Wildman–Crippen MR) is 84.4 cm³/mol. The molecule has 5 nitrogen and oxygen atoms in total. The Morgan fingerprint density at radius 2 is 1.71 bits per heavy atom. The van der Waals surface area contributed by atoms with E-state index in [1.807, 2.05) is 24.3 Å². The molecule has 1 aliphatic heterocycles. The molecule has 0 saturated carbocycles. The van der Waals surface area contributed by atoms with Crippen LogP contribution in [0.2, 0.25) is 0 Å². The van der Waals surface area contributed by atoms with Crippen molar-refractivity contribution < 1.29 is 29.3 Å². The summed E-state index contributed by atoms with van der Waals surface area (Å²) in [6.45, 7) is 0. The van der Waals surface area contributed by atoms with Crippen LogP contribution in [0.1, 0.15) is 16.8 Å². The average molecular weight is 362 g/mol. The molecule has 106 valence electrons. The molecule has 0 aliphatic carbocycles. The first-order chi connectivity index (χ1) is 9.03. The number of ether oxygens (including phenoxy) is 1. The van der Waals surface area contributed by atoms with Crippen molar-refractivity contribution in [2.45, 2.75) is 6.42 Å². The third kappa shape index (κ3) is 4.84. The van der Waals surface area contributed by atoms with Gasteiger partial charge in [0.1, 0.15) is 17.2 Å². The third-order valence-corrected chi connectivity index (χ3v) is 3.30. The second kappa shape index (κ2) is 8.00. The molecule has 1 aliphatic rings. The number of hydrogen-bond donors (Lipinski definition) is 2. The van der Waals surface area contributed by atoms with E-state index in [0.717, 1.165) is 11.3 Å². The summed E-state index contributed by atoms with van der Waals surface area (Å²) in [6.07, 6.45) is 0.516. The van der Waals surface area contributed by atoms with Gasteiger partial charge in [-0.3, -0.25) is 9.79 Å². The fourth-order valence-corrected chi connectivity index (χ4v) is 2.51. The van der Waals surface area contributed by atoms with Gasteiger partial charge in [-0.2, -0.15) is 0 Å². The van der Waals surface area contributed by atoms with Gasteiger partial charge in [0.15, 0.2) is 0 Å². The molecule has 0 atom stereocenters. The minimum atomic E-state index is -4.57. The maximum Gasteiger partial charge on any atom is 2.00 e. The van der Waals surface area contributed by atoms with Crippen LogP contribution >= 0.6 is 7.82 Å². The molecule has 0 spiro atoms. The van der Waals surface area contributed by atoms with Crippen molar-refractivity contribution in [3.8, 4) is 17.2 Å². The Bertz CT molecular complexity index is 702. The van der Waals surface area contributed by atoms with Crippen molar-refractivity contribution in [2.24, 2.45) is 0 Å². The van der Waals surface area contributed by atoms with E-state index in [-0.39, 0.29) is 86.9 Å². The van der Waals surface area contributed by atoms with E-state index in [2.05, 4.69) is 0 Å². The Labute approximate surface area is 187 Å². The number of benzene rings is 2. The van der Waals surface area contributed by atoms with Crippen LogP contribution in [0.5, 0.6) is 17.2 Å². The molecule has 0 bridgehead atoms.